The number of carbonyl (C=O) groups excluding carboxylic acids is 1. The summed E-state index contributed by atoms with van der Waals surface area (Å²) in [6.07, 6.45) is 1.12. The average molecular weight is 364 g/mol. The van der Waals surface area contributed by atoms with Crippen LogP contribution in [0.3, 0.4) is 0 Å². The molecule has 134 valence electrons. The first kappa shape index (κ1) is 19.1. The summed E-state index contributed by atoms with van der Waals surface area (Å²) in [5, 5.41) is 2.74. The van der Waals surface area contributed by atoms with Crippen LogP contribution in [0.15, 0.2) is 48.5 Å². The lowest BCUT2D eigenvalue weighted by Gasteiger charge is -2.20. The van der Waals surface area contributed by atoms with Crippen LogP contribution in [-0.2, 0) is 21.4 Å². The fourth-order valence-corrected chi connectivity index (χ4v) is 3.05. The van der Waals surface area contributed by atoms with E-state index in [0.29, 0.717) is 11.3 Å². The number of halogens is 1. The van der Waals surface area contributed by atoms with Crippen LogP contribution in [0.4, 0.5) is 10.1 Å². The Balaban J connectivity index is 1.96. The lowest BCUT2D eigenvalue weighted by molar-refractivity contribution is -0.116. The van der Waals surface area contributed by atoms with Crippen molar-refractivity contribution in [3.63, 3.8) is 0 Å². The van der Waals surface area contributed by atoms with Crippen molar-refractivity contribution in [3.05, 3.63) is 65.5 Å². The summed E-state index contributed by atoms with van der Waals surface area (Å²) >= 11 is 0. The molecule has 2 rings (SSSR count). The highest BCUT2D eigenvalue weighted by molar-refractivity contribution is 7.88. The van der Waals surface area contributed by atoms with Crippen LogP contribution in [0.2, 0.25) is 0 Å². The van der Waals surface area contributed by atoms with Crippen molar-refractivity contribution in [2.45, 2.75) is 19.9 Å². The fraction of sp³-hybridized carbons (Fsp3) is 0.278. The Morgan fingerprint density at radius 2 is 1.68 bits per heavy atom. The molecule has 0 aromatic heterocycles. The number of amides is 1. The van der Waals surface area contributed by atoms with Gasteiger partial charge in [-0.05, 0) is 36.8 Å². The summed E-state index contributed by atoms with van der Waals surface area (Å²) in [5.74, 6) is -0.649. The van der Waals surface area contributed by atoms with Crippen LogP contribution >= 0.6 is 0 Å². The smallest absolute Gasteiger partial charge is 0.225 e. The highest BCUT2D eigenvalue weighted by atomic mass is 32.2. The van der Waals surface area contributed by atoms with Gasteiger partial charge >= 0.3 is 0 Å². The molecule has 25 heavy (non-hydrogen) atoms. The molecule has 0 fully saturated rings. The molecule has 5 nitrogen and oxygen atoms in total. The minimum Gasteiger partial charge on any atom is -0.326 e. The molecule has 0 atom stereocenters. The molecule has 0 spiro atoms. The van der Waals surface area contributed by atoms with Crippen LogP contribution in [0, 0.1) is 12.7 Å². The number of hydrogen-bond acceptors (Lipinski definition) is 3. The molecule has 2 aromatic carbocycles. The van der Waals surface area contributed by atoms with E-state index in [0.717, 1.165) is 11.8 Å². The van der Waals surface area contributed by atoms with Crippen molar-refractivity contribution in [3.8, 4) is 0 Å². The summed E-state index contributed by atoms with van der Waals surface area (Å²) < 4.78 is 38.0. The van der Waals surface area contributed by atoms with Gasteiger partial charge in [-0.2, -0.15) is 4.31 Å². The first-order valence-corrected chi connectivity index (χ1v) is 9.65. The summed E-state index contributed by atoms with van der Waals surface area (Å²) in [7, 11) is -3.49. The predicted octanol–water partition coefficient (Wildman–Crippen LogP) is 2.92. The molecule has 0 radical (unpaired) electrons. The van der Waals surface area contributed by atoms with Gasteiger partial charge in [-0.1, -0.05) is 29.8 Å². The standard InChI is InChI=1S/C18H21FN2O3S/c1-14-3-9-17(10-4-14)20-18(22)11-12-21(25(2,23)24)13-15-5-7-16(19)8-6-15/h3-10H,11-13H2,1-2H3,(H,20,22). The van der Waals surface area contributed by atoms with Gasteiger partial charge in [0.25, 0.3) is 0 Å². The summed E-state index contributed by atoms with van der Waals surface area (Å²) in [6.45, 7) is 2.09. The first-order valence-electron chi connectivity index (χ1n) is 7.80. The monoisotopic (exact) mass is 364 g/mol. The Morgan fingerprint density at radius 3 is 2.24 bits per heavy atom. The number of nitrogens with zero attached hydrogens (tertiary/aromatic N) is 1. The fourth-order valence-electron chi connectivity index (χ4n) is 2.24. The third kappa shape index (κ3) is 6.28. The van der Waals surface area contributed by atoms with Gasteiger partial charge in [0.2, 0.25) is 15.9 Å². The first-order chi connectivity index (χ1) is 11.7. The van der Waals surface area contributed by atoms with Crippen molar-refractivity contribution >= 4 is 21.6 Å². The molecule has 1 N–H and O–H groups in total. The van der Waals surface area contributed by atoms with E-state index >= 15 is 0 Å². The largest absolute Gasteiger partial charge is 0.326 e. The highest BCUT2D eigenvalue weighted by Gasteiger charge is 2.18. The SMILES string of the molecule is Cc1ccc(NC(=O)CCN(Cc2ccc(F)cc2)S(C)(=O)=O)cc1. The lowest BCUT2D eigenvalue weighted by atomic mass is 10.2. The molecule has 0 aliphatic carbocycles. The van der Waals surface area contributed by atoms with Gasteiger partial charge in [-0.15, -0.1) is 0 Å². The van der Waals surface area contributed by atoms with E-state index in [1.54, 1.807) is 12.1 Å². The third-order valence-corrected chi connectivity index (χ3v) is 4.91. The van der Waals surface area contributed by atoms with E-state index in [-0.39, 0.29) is 31.2 Å². The zero-order valence-electron chi connectivity index (χ0n) is 14.2. The van der Waals surface area contributed by atoms with Crippen LogP contribution in [0.5, 0.6) is 0 Å². The minimum absolute atomic E-state index is 0.0299. The number of nitrogens with one attached hydrogen (secondary N) is 1. The second kappa shape index (κ2) is 8.22. The second-order valence-electron chi connectivity index (χ2n) is 5.89. The van der Waals surface area contributed by atoms with E-state index in [1.165, 1.54) is 28.6 Å². The molecule has 0 saturated carbocycles. The molecule has 0 unspecified atom stereocenters. The normalized spacial score (nSPS) is 11.5. The highest BCUT2D eigenvalue weighted by Crippen LogP contribution is 2.12. The van der Waals surface area contributed by atoms with Crippen LogP contribution in [0.1, 0.15) is 17.5 Å². The Morgan fingerprint density at radius 1 is 1.08 bits per heavy atom. The molecule has 7 heteroatoms. The van der Waals surface area contributed by atoms with Crippen LogP contribution in [-0.4, -0.2) is 31.4 Å². The number of rotatable bonds is 7. The van der Waals surface area contributed by atoms with Crippen molar-refractivity contribution in [1.29, 1.82) is 0 Å². The molecule has 1 amide bonds. The van der Waals surface area contributed by atoms with Gasteiger partial charge in [0.1, 0.15) is 5.82 Å². The quantitative estimate of drug-likeness (QED) is 0.821. The molecule has 0 aliphatic rings. The van der Waals surface area contributed by atoms with Gasteiger partial charge in [0.15, 0.2) is 0 Å². The van der Waals surface area contributed by atoms with Gasteiger partial charge in [0.05, 0.1) is 6.26 Å². The molecule has 0 heterocycles. The van der Waals surface area contributed by atoms with Crippen LogP contribution < -0.4 is 5.32 Å². The van der Waals surface area contributed by atoms with Crippen molar-refractivity contribution in [2.75, 3.05) is 18.1 Å². The second-order valence-corrected chi connectivity index (χ2v) is 7.87. The van der Waals surface area contributed by atoms with E-state index in [4.69, 9.17) is 0 Å². The minimum atomic E-state index is -3.49. The van der Waals surface area contributed by atoms with Crippen molar-refractivity contribution in [1.82, 2.24) is 4.31 Å². The van der Waals surface area contributed by atoms with Gasteiger partial charge in [-0.25, -0.2) is 12.8 Å². The number of hydrogen-bond donors (Lipinski definition) is 1. The van der Waals surface area contributed by atoms with E-state index in [9.17, 15) is 17.6 Å². The Hall–Kier alpha value is -2.25. The summed E-state index contributed by atoms with van der Waals surface area (Å²) in [6, 6.07) is 13.0. The average Bonchev–Trinajstić information content (AvgIpc) is 2.54. The van der Waals surface area contributed by atoms with Gasteiger partial charge < -0.3 is 5.32 Å². The molecule has 0 saturated heterocycles. The molecule has 0 aliphatic heterocycles. The topological polar surface area (TPSA) is 66.5 Å². The third-order valence-electron chi connectivity index (χ3n) is 3.66. The molecular weight excluding hydrogens is 343 g/mol. The molecular formula is C18H21FN2O3S. The zero-order chi connectivity index (χ0) is 18.4. The van der Waals surface area contributed by atoms with Gasteiger partial charge in [0, 0.05) is 25.2 Å². The number of anilines is 1. The van der Waals surface area contributed by atoms with E-state index in [2.05, 4.69) is 5.32 Å². The summed E-state index contributed by atoms with van der Waals surface area (Å²) in [5.41, 5.74) is 2.41. The number of sulfonamides is 1. The van der Waals surface area contributed by atoms with E-state index < -0.39 is 10.0 Å². The zero-order valence-corrected chi connectivity index (χ0v) is 15.0. The van der Waals surface area contributed by atoms with Crippen molar-refractivity contribution in [2.24, 2.45) is 0 Å². The van der Waals surface area contributed by atoms with Gasteiger partial charge in [-0.3, -0.25) is 4.79 Å². The lowest BCUT2D eigenvalue weighted by Crippen LogP contribution is -2.32. The maximum absolute atomic E-state index is 13.0. The molecule has 0 bridgehead atoms. The Kier molecular flexibility index (Phi) is 6.27. The molecule has 2 aromatic rings. The Labute approximate surface area is 147 Å². The maximum Gasteiger partial charge on any atom is 0.225 e. The predicted molar refractivity (Wildman–Crippen MR) is 96.1 cm³/mol. The maximum atomic E-state index is 13.0. The van der Waals surface area contributed by atoms with Crippen LogP contribution in [0.25, 0.3) is 0 Å². The van der Waals surface area contributed by atoms with E-state index in [1.807, 2.05) is 19.1 Å². The number of carbonyl (C=O) groups is 1. The summed E-state index contributed by atoms with van der Waals surface area (Å²) in [4.78, 5) is 12.0. The number of benzene rings is 2. The van der Waals surface area contributed by atoms with Crippen molar-refractivity contribution < 1.29 is 17.6 Å². The Bertz CT molecular complexity index is 818. The number of aryl methyl sites for hydroxylation is 1.